The Morgan fingerprint density at radius 2 is 0.630 bits per heavy atom. The van der Waals surface area contributed by atoms with E-state index in [1.807, 2.05) is 0 Å². The zero-order valence-electron chi connectivity index (χ0n) is 14.7. The van der Waals surface area contributed by atoms with Gasteiger partial charge in [-0.3, -0.25) is 0 Å². The van der Waals surface area contributed by atoms with Crippen molar-refractivity contribution in [2.24, 2.45) is 0 Å². The monoisotopic (exact) mass is 346 g/mol. The van der Waals surface area contributed by atoms with E-state index in [1.165, 1.54) is 45.0 Å². The van der Waals surface area contributed by atoms with Gasteiger partial charge in [-0.25, -0.2) is 0 Å². The molecular formula is C25H18N2. The lowest BCUT2D eigenvalue weighted by Crippen LogP contribution is -2.38. The number of hydrogen-bond acceptors (Lipinski definition) is 2. The van der Waals surface area contributed by atoms with E-state index in [-0.39, 0.29) is 5.41 Å². The highest BCUT2D eigenvalue weighted by molar-refractivity contribution is 5.89. The first-order valence-corrected chi connectivity index (χ1v) is 9.31. The smallest absolute Gasteiger partial charge is 0.0782 e. The van der Waals surface area contributed by atoms with Crippen molar-refractivity contribution < 1.29 is 0 Å². The zero-order valence-corrected chi connectivity index (χ0v) is 14.7. The number of benzene rings is 4. The Kier molecular flexibility index (Phi) is 2.84. The lowest BCUT2D eigenvalue weighted by Gasteiger charge is -2.46. The molecule has 0 unspecified atom stereocenters. The molecule has 6 rings (SSSR count). The molecule has 0 saturated heterocycles. The van der Waals surface area contributed by atoms with Crippen molar-refractivity contribution in [3.8, 4) is 0 Å². The average Bonchev–Trinajstić information content (AvgIpc) is 2.73. The summed E-state index contributed by atoms with van der Waals surface area (Å²) in [4.78, 5) is 0. The highest BCUT2D eigenvalue weighted by Gasteiger charge is 2.48. The number of rotatable bonds is 0. The largest absolute Gasteiger partial charge is 0.355 e. The van der Waals surface area contributed by atoms with Crippen LogP contribution in [0, 0.1) is 0 Å². The summed E-state index contributed by atoms with van der Waals surface area (Å²) in [5, 5.41) is 7.31. The number of para-hydroxylation sites is 4. The van der Waals surface area contributed by atoms with Crippen molar-refractivity contribution in [3.05, 3.63) is 119 Å². The van der Waals surface area contributed by atoms with Gasteiger partial charge in [-0.2, -0.15) is 0 Å². The SMILES string of the molecule is c1ccc2c(c1)Nc1ccccc1C21c2ccccc2Nc2ccccc21. The van der Waals surface area contributed by atoms with Crippen LogP contribution in [0.4, 0.5) is 22.7 Å². The summed E-state index contributed by atoms with van der Waals surface area (Å²) in [5.41, 5.74) is 9.53. The van der Waals surface area contributed by atoms with E-state index in [2.05, 4.69) is 108 Å². The van der Waals surface area contributed by atoms with Crippen molar-refractivity contribution in [3.63, 3.8) is 0 Å². The summed E-state index contributed by atoms with van der Waals surface area (Å²) in [7, 11) is 0. The maximum Gasteiger partial charge on any atom is 0.0782 e. The minimum absolute atomic E-state index is 0.336. The molecule has 2 heteroatoms. The molecule has 0 radical (unpaired) electrons. The van der Waals surface area contributed by atoms with Crippen molar-refractivity contribution in [1.29, 1.82) is 0 Å². The molecule has 0 fully saturated rings. The van der Waals surface area contributed by atoms with Gasteiger partial charge in [-0.05, 0) is 46.5 Å². The molecule has 1 spiro atoms. The maximum atomic E-state index is 3.65. The van der Waals surface area contributed by atoms with Crippen LogP contribution in [0.5, 0.6) is 0 Å². The lowest BCUT2D eigenvalue weighted by atomic mass is 9.61. The van der Waals surface area contributed by atoms with Gasteiger partial charge < -0.3 is 10.6 Å². The molecule has 0 atom stereocenters. The topological polar surface area (TPSA) is 24.1 Å². The number of nitrogens with one attached hydrogen (secondary N) is 2. The molecule has 0 saturated carbocycles. The van der Waals surface area contributed by atoms with Gasteiger partial charge in [0.1, 0.15) is 0 Å². The van der Waals surface area contributed by atoms with Crippen molar-refractivity contribution in [2.45, 2.75) is 5.41 Å². The van der Waals surface area contributed by atoms with E-state index in [9.17, 15) is 0 Å². The van der Waals surface area contributed by atoms with Gasteiger partial charge in [-0.15, -0.1) is 0 Å². The van der Waals surface area contributed by atoms with Gasteiger partial charge in [0.05, 0.1) is 5.41 Å². The summed E-state index contributed by atoms with van der Waals surface area (Å²) in [6, 6.07) is 34.8. The van der Waals surface area contributed by atoms with Crippen LogP contribution in [0.2, 0.25) is 0 Å². The highest BCUT2D eigenvalue weighted by Crippen LogP contribution is 2.58. The summed E-state index contributed by atoms with van der Waals surface area (Å²) in [5.74, 6) is 0. The maximum absolute atomic E-state index is 3.65. The van der Waals surface area contributed by atoms with Crippen LogP contribution in [0.3, 0.4) is 0 Å². The van der Waals surface area contributed by atoms with Gasteiger partial charge in [0, 0.05) is 22.7 Å². The minimum atomic E-state index is -0.336. The molecular weight excluding hydrogens is 328 g/mol. The first-order valence-electron chi connectivity index (χ1n) is 9.31. The highest BCUT2D eigenvalue weighted by atomic mass is 14.9. The van der Waals surface area contributed by atoms with E-state index in [0.29, 0.717) is 0 Å². The quantitative estimate of drug-likeness (QED) is 0.343. The molecule has 2 heterocycles. The van der Waals surface area contributed by atoms with Gasteiger partial charge in [0.2, 0.25) is 0 Å². The van der Waals surface area contributed by atoms with Gasteiger partial charge in [0.25, 0.3) is 0 Å². The summed E-state index contributed by atoms with van der Waals surface area (Å²) in [6.07, 6.45) is 0. The fourth-order valence-electron chi connectivity index (χ4n) is 4.84. The minimum Gasteiger partial charge on any atom is -0.355 e. The van der Waals surface area contributed by atoms with E-state index < -0.39 is 0 Å². The Hall–Kier alpha value is -3.52. The van der Waals surface area contributed by atoms with Crippen LogP contribution in [0.1, 0.15) is 22.3 Å². The van der Waals surface area contributed by atoms with Crippen molar-refractivity contribution in [1.82, 2.24) is 0 Å². The molecule has 0 aromatic heterocycles. The third-order valence-electron chi connectivity index (χ3n) is 5.86. The predicted molar refractivity (Wildman–Crippen MR) is 111 cm³/mol. The van der Waals surface area contributed by atoms with Crippen LogP contribution in [-0.2, 0) is 5.41 Å². The molecule has 2 N–H and O–H groups in total. The van der Waals surface area contributed by atoms with E-state index >= 15 is 0 Å². The van der Waals surface area contributed by atoms with Crippen LogP contribution in [0.25, 0.3) is 0 Å². The molecule has 2 nitrogen and oxygen atoms in total. The molecule has 0 aliphatic carbocycles. The molecule has 0 bridgehead atoms. The molecule has 2 aliphatic heterocycles. The van der Waals surface area contributed by atoms with Crippen molar-refractivity contribution in [2.75, 3.05) is 10.6 Å². The van der Waals surface area contributed by atoms with Crippen LogP contribution < -0.4 is 10.6 Å². The molecule has 2 aliphatic rings. The first-order chi connectivity index (χ1) is 13.4. The number of fused-ring (bicyclic) bond motifs is 8. The molecule has 128 valence electrons. The molecule has 4 aromatic carbocycles. The fourth-order valence-corrected chi connectivity index (χ4v) is 4.84. The third kappa shape index (κ3) is 1.79. The third-order valence-corrected chi connectivity index (χ3v) is 5.86. The summed E-state index contributed by atoms with van der Waals surface area (Å²) >= 11 is 0. The average molecular weight is 346 g/mol. The Balaban J connectivity index is 1.85. The number of anilines is 4. The standard InChI is InChI=1S/C25H18N2/c1-5-13-21-17(9-1)25(18-10-2-6-14-22(18)26-21)19-11-3-7-15-23(19)27-24-16-8-4-12-20(24)25/h1-16,26-27H. The second-order valence-electron chi connectivity index (χ2n) is 7.18. The van der Waals surface area contributed by atoms with E-state index in [0.717, 1.165) is 0 Å². The van der Waals surface area contributed by atoms with E-state index in [1.54, 1.807) is 0 Å². The Labute approximate surface area is 158 Å². The molecule has 0 amide bonds. The normalized spacial score (nSPS) is 14.8. The van der Waals surface area contributed by atoms with Gasteiger partial charge in [-0.1, -0.05) is 72.8 Å². The van der Waals surface area contributed by atoms with E-state index in [4.69, 9.17) is 0 Å². The second-order valence-corrected chi connectivity index (χ2v) is 7.18. The lowest BCUT2D eigenvalue weighted by molar-refractivity contribution is 0.736. The van der Waals surface area contributed by atoms with Crippen LogP contribution in [-0.4, -0.2) is 0 Å². The first kappa shape index (κ1) is 14.6. The summed E-state index contributed by atoms with van der Waals surface area (Å²) in [6.45, 7) is 0. The predicted octanol–water partition coefficient (Wildman–Crippen LogP) is 6.18. The van der Waals surface area contributed by atoms with Gasteiger partial charge >= 0.3 is 0 Å². The second kappa shape index (κ2) is 5.24. The number of hydrogen-bond donors (Lipinski definition) is 2. The molecule has 27 heavy (non-hydrogen) atoms. The fraction of sp³-hybridized carbons (Fsp3) is 0.0400. The van der Waals surface area contributed by atoms with Crippen LogP contribution >= 0.6 is 0 Å². The Morgan fingerprint density at radius 3 is 0.926 bits per heavy atom. The molecule has 4 aromatic rings. The van der Waals surface area contributed by atoms with Crippen LogP contribution in [0.15, 0.2) is 97.1 Å². The zero-order chi connectivity index (χ0) is 17.8. The Morgan fingerprint density at radius 1 is 0.370 bits per heavy atom. The van der Waals surface area contributed by atoms with Crippen molar-refractivity contribution >= 4 is 22.7 Å². The Bertz CT molecular complexity index is 1000. The van der Waals surface area contributed by atoms with Gasteiger partial charge in [0.15, 0.2) is 0 Å². The summed E-state index contributed by atoms with van der Waals surface area (Å²) < 4.78 is 0.